The van der Waals surface area contributed by atoms with Gasteiger partial charge in [-0.2, -0.15) is 4.31 Å². The Morgan fingerprint density at radius 2 is 1.50 bits per heavy atom. The van der Waals surface area contributed by atoms with Crippen molar-refractivity contribution < 1.29 is 16.8 Å². The zero-order valence-corrected chi connectivity index (χ0v) is 14.6. The van der Waals surface area contributed by atoms with Crippen LogP contribution in [0.2, 0.25) is 0 Å². The van der Waals surface area contributed by atoms with Gasteiger partial charge in [-0.3, -0.25) is 4.90 Å². The summed E-state index contributed by atoms with van der Waals surface area (Å²) in [4.78, 5) is 1.96. The Hall–Kier alpha value is -0.220. The fraction of sp³-hybridized carbons (Fsp3) is 1.00. The molecule has 2 rings (SSSR count). The molecule has 1 saturated carbocycles. The third-order valence-corrected chi connectivity index (χ3v) is 7.38. The van der Waals surface area contributed by atoms with Crippen LogP contribution in [-0.4, -0.2) is 70.3 Å². The van der Waals surface area contributed by atoms with Gasteiger partial charge >= 0.3 is 0 Å². The first-order valence-corrected chi connectivity index (χ1v) is 11.3. The second-order valence-electron chi connectivity index (χ2n) is 6.39. The van der Waals surface area contributed by atoms with Crippen molar-refractivity contribution >= 4 is 20.0 Å². The molecule has 2 aliphatic rings. The standard InChI is InChI=1S/C13H27N3O4S2/c14-21(17,18)11-10-15-6-8-16(9-7-15)22(19,20)12-13-4-2-1-3-5-13/h13H,1-12H2,(H2,14,17,18). The van der Waals surface area contributed by atoms with Crippen LogP contribution in [-0.2, 0) is 20.0 Å². The third kappa shape index (κ3) is 5.77. The molecule has 22 heavy (non-hydrogen) atoms. The highest BCUT2D eigenvalue weighted by molar-refractivity contribution is 7.89. The van der Waals surface area contributed by atoms with E-state index in [4.69, 9.17) is 5.14 Å². The predicted octanol–water partition coefficient (Wildman–Crippen LogP) is -0.197. The van der Waals surface area contributed by atoms with Crippen molar-refractivity contribution in [2.75, 3.05) is 44.2 Å². The van der Waals surface area contributed by atoms with Crippen LogP contribution in [0.1, 0.15) is 32.1 Å². The monoisotopic (exact) mass is 353 g/mol. The topological polar surface area (TPSA) is 101 Å². The number of primary sulfonamides is 1. The van der Waals surface area contributed by atoms with Gasteiger partial charge in [0.05, 0.1) is 11.5 Å². The van der Waals surface area contributed by atoms with Crippen molar-refractivity contribution in [2.45, 2.75) is 32.1 Å². The van der Waals surface area contributed by atoms with E-state index in [-0.39, 0.29) is 11.5 Å². The van der Waals surface area contributed by atoms with Gasteiger partial charge in [0, 0.05) is 32.7 Å². The van der Waals surface area contributed by atoms with E-state index < -0.39 is 20.0 Å². The van der Waals surface area contributed by atoms with Crippen LogP contribution in [0, 0.1) is 5.92 Å². The lowest BCUT2D eigenvalue weighted by atomic mass is 9.91. The minimum absolute atomic E-state index is 0.0815. The molecule has 1 heterocycles. The van der Waals surface area contributed by atoms with Crippen LogP contribution in [0.15, 0.2) is 0 Å². The van der Waals surface area contributed by atoms with E-state index >= 15 is 0 Å². The molecule has 1 saturated heterocycles. The third-order valence-electron chi connectivity index (χ3n) is 4.59. The molecule has 2 fully saturated rings. The van der Waals surface area contributed by atoms with Crippen LogP contribution in [0.5, 0.6) is 0 Å². The number of nitrogens with zero attached hydrogens (tertiary/aromatic N) is 2. The summed E-state index contributed by atoms with van der Waals surface area (Å²) in [5.41, 5.74) is 0. The Morgan fingerprint density at radius 1 is 0.909 bits per heavy atom. The highest BCUT2D eigenvalue weighted by atomic mass is 32.2. The molecule has 7 nitrogen and oxygen atoms in total. The van der Waals surface area contributed by atoms with Gasteiger partial charge in [-0.1, -0.05) is 19.3 Å². The number of piperazine rings is 1. The van der Waals surface area contributed by atoms with Crippen molar-refractivity contribution in [2.24, 2.45) is 11.1 Å². The van der Waals surface area contributed by atoms with Crippen LogP contribution in [0.3, 0.4) is 0 Å². The Morgan fingerprint density at radius 3 is 2.05 bits per heavy atom. The van der Waals surface area contributed by atoms with E-state index in [1.54, 1.807) is 4.31 Å². The lowest BCUT2D eigenvalue weighted by molar-refractivity contribution is 0.196. The van der Waals surface area contributed by atoms with E-state index in [1.807, 2.05) is 4.90 Å². The Bertz CT molecular complexity index is 548. The second kappa shape index (κ2) is 7.57. The molecule has 0 aromatic carbocycles. The first-order valence-electron chi connectivity index (χ1n) is 7.97. The van der Waals surface area contributed by atoms with Gasteiger partial charge in [-0.15, -0.1) is 0 Å². The van der Waals surface area contributed by atoms with E-state index in [0.29, 0.717) is 38.6 Å². The smallest absolute Gasteiger partial charge is 0.214 e. The van der Waals surface area contributed by atoms with Crippen LogP contribution in [0.25, 0.3) is 0 Å². The Kier molecular flexibility index (Phi) is 6.23. The maximum absolute atomic E-state index is 12.5. The molecule has 0 aromatic rings. The molecular weight excluding hydrogens is 326 g/mol. The maximum Gasteiger partial charge on any atom is 0.214 e. The minimum Gasteiger partial charge on any atom is -0.300 e. The predicted molar refractivity (Wildman–Crippen MR) is 86.3 cm³/mol. The molecule has 130 valence electrons. The fourth-order valence-corrected chi connectivity index (χ4v) is 5.62. The Labute approximate surface area is 133 Å². The van der Waals surface area contributed by atoms with Gasteiger partial charge in [-0.05, 0) is 18.8 Å². The average Bonchev–Trinajstić information content (AvgIpc) is 2.45. The normalized spacial score (nSPS) is 23.7. The van der Waals surface area contributed by atoms with Gasteiger partial charge < -0.3 is 0 Å². The first-order chi connectivity index (χ1) is 10.3. The molecule has 0 atom stereocenters. The van der Waals surface area contributed by atoms with Crippen LogP contribution in [0.4, 0.5) is 0 Å². The lowest BCUT2D eigenvalue weighted by Crippen LogP contribution is -2.50. The molecule has 2 N–H and O–H groups in total. The molecule has 0 aromatic heterocycles. The van der Waals surface area contributed by atoms with Crippen LogP contribution >= 0.6 is 0 Å². The van der Waals surface area contributed by atoms with Crippen LogP contribution < -0.4 is 5.14 Å². The number of hydrogen-bond acceptors (Lipinski definition) is 5. The van der Waals surface area contributed by atoms with E-state index in [0.717, 1.165) is 25.7 Å². The largest absolute Gasteiger partial charge is 0.300 e. The average molecular weight is 354 g/mol. The Balaban J connectivity index is 1.79. The van der Waals surface area contributed by atoms with Gasteiger partial charge in [-0.25, -0.2) is 22.0 Å². The molecule has 0 radical (unpaired) electrons. The summed E-state index contributed by atoms with van der Waals surface area (Å²) in [5, 5.41) is 4.99. The highest BCUT2D eigenvalue weighted by Crippen LogP contribution is 2.26. The first kappa shape index (κ1) is 18.1. The molecule has 0 spiro atoms. The molecule has 0 bridgehead atoms. The summed E-state index contributed by atoms with van der Waals surface area (Å²) < 4.78 is 48.4. The zero-order valence-electron chi connectivity index (χ0n) is 13.0. The highest BCUT2D eigenvalue weighted by Gasteiger charge is 2.30. The molecule has 1 aliphatic carbocycles. The molecule has 0 amide bonds. The van der Waals surface area contributed by atoms with Gasteiger partial charge in [0.25, 0.3) is 0 Å². The summed E-state index contributed by atoms with van der Waals surface area (Å²) in [6, 6.07) is 0. The summed E-state index contributed by atoms with van der Waals surface area (Å²) >= 11 is 0. The summed E-state index contributed by atoms with van der Waals surface area (Å²) in [6.07, 6.45) is 5.55. The fourth-order valence-electron chi connectivity index (χ4n) is 3.24. The SMILES string of the molecule is NS(=O)(=O)CCN1CCN(S(=O)(=O)CC2CCCCC2)CC1. The van der Waals surface area contributed by atoms with E-state index in [9.17, 15) is 16.8 Å². The number of sulfonamides is 2. The van der Waals surface area contributed by atoms with Gasteiger partial charge in [0.1, 0.15) is 0 Å². The summed E-state index contributed by atoms with van der Waals surface area (Å²) in [7, 11) is -6.64. The molecule has 1 aliphatic heterocycles. The van der Waals surface area contributed by atoms with Crippen molar-refractivity contribution in [1.29, 1.82) is 0 Å². The number of nitrogens with two attached hydrogens (primary N) is 1. The van der Waals surface area contributed by atoms with Gasteiger partial charge in [0.15, 0.2) is 0 Å². The van der Waals surface area contributed by atoms with Crippen molar-refractivity contribution in [3.05, 3.63) is 0 Å². The summed E-state index contributed by atoms with van der Waals surface area (Å²) in [6.45, 7) is 2.40. The van der Waals surface area contributed by atoms with E-state index in [2.05, 4.69) is 0 Å². The lowest BCUT2D eigenvalue weighted by Gasteiger charge is -2.34. The molecule has 9 heteroatoms. The number of hydrogen-bond donors (Lipinski definition) is 1. The minimum atomic E-state index is -3.46. The van der Waals surface area contributed by atoms with Crippen molar-refractivity contribution in [3.8, 4) is 0 Å². The van der Waals surface area contributed by atoms with Crippen molar-refractivity contribution in [1.82, 2.24) is 9.21 Å². The summed E-state index contributed by atoms with van der Waals surface area (Å²) in [5.74, 6) is 0.491. The second-order valence-corrected chi connectivity index (χ2v) is 10.1. The zero-order chi connectivity index (χ0) is 16.2. The quantitative estimate of drug-likeness (QED) is 0.713. The molecular formula is C13H27N3O4S2. The molecule has 0 unspecified atom stereocenters. The maximum atomic E-state index is 12.5. The van der Waals surface area contributed by atoms with E-state index in [1.165, 1.54) is 6.42 Å². The van der Waals surface area contributed by atoms with Crippen molar-refractivity contribution in [3.63, 3.8) is 0 Å². The van der Waals surface area contributed by atoms with Gasteiger partial charge in [0.2, 0.25) is 20.0 Å². The number of rotatable bonds is 6.